The fourth-order valence-electron chi connectivity index (χ4n) is 5.64. The predicted octanol–water partition coefficient (Wildman–Crippen LogP) is 7.46. The monoisotopic (exact) mass is 475 g/mol. The van der Waals surface area contributed by atoms with Gasteiger partial charge in [-0.15, -0.1) is 0 Å². The quantitative estimate of drug-likeness (QED) is 0.266. The fourth-order valence-corrected chi connectivity index (χ4v) is 5.64. The summed E-state index contributed by atoms with van der Waals surface area (Å²) in [5, 5.41) is 9.69. The van der Waals surface area contributed by atoms with E-state index in [9.17, 15) is 0 Å². The lowest BCUT2D eigenvalue weighted by atomic mass is 10.2. The zero-order chi connectivity index (χ0) is 24.3. The van der Waals surface area contributed by atoms with Crippen LogP contribution in [0.4, 0.5) is 0 Å². The van der Waals surface area contributed by atoms with Crippen molar-refractivity contribution in [3.05, 3.63) is 128 Å². The zero-order valence-corrected chi connectivity index (χ0v) is 19.9. The van der Waals surface area contributed by atoms with E-state index < -0.39 is 0 Å². The van der Waals surface area contributed by atoms with Crippen LogP contribution in [0.1, 0.15) is 0 Å². The summed E-state index contributed by atoms with van der Waals surface area (Å²) in [6.45, 7) is 0. The van der Waals surface area contributed by atoms with E-state index in [1.807, 2.05) is 23.3 Å². The lowest BCUT2D eigenvalue weighted by Crippen LogP contribution is -2.00. The maximum Gasteiger partial charge on any atom is 0.0850 e. The molecule has 0 fully saturated rings. The first kappa shape index (κ1) is 20.1. The molecule has 0 atom stereocenters. The van der Waals surface area contributed by atoms with E-state index in [1.54, 1.807) is 0 Å². The van der Waals surface area contributed by atoms with E-state index in [4.69, 9.17) is 5.10 Å². The third-order valence-corrected chi connectivity index (χ3v) is 7.22. The van der Waals surface area contributed by atoms with Crippen LogP contribution in [0.3, 0.4) is 0 Å². The molecular formula is C32H21N5. The van der Waals surface area contributed by atoms with Crippen LogP contribution in [0.25, 0.3) is 60.7 Å². The van der Waals surface area contributed by atoms with Gasteiger partial charge in [-0.3, -0.25) is 4.98 Å². The Hall–Kier alpha value is -5.16. The molecule has 0 bridgehead atoms. The number of pyridine rings is 1. The van der Waals surface area contributed by atoms with Gasteiger partial charge in [-0.05, 0) is 30.3 Å². The summed E-state index contributed by atoms with van der Waals surface area (Å²) in [6.07, 6.45) is 7.78. The molecular weight excluding hydrogens is 454 g/mol. The van der Waals surface area contributed by atoms with Gasteiger partial charge in [-0.2, -0.15) is 5.10 Å². The van der Waals surface area contributed by atoms with E-state index in [-0.39, 0.29) is 0 Å². The van der Waals surface area contributed by atoms with Gasteiger partial charge in [0.05, 0.1) is 63.9 Å². The Kier molecular flexibility index (Phi) is 4.16. The van der Waals surface area contributed by atoms with Crippen LogP contribution in [0.5, 0.6) is 0 Å². The lowest BCUT2D eigenvalue weighted by Gasteiger charge is -2.09. The SMILES string of the molecule is c1ccc2c(c1)c1ccccc1n2-c1cncc(-n2cc(-n3c4ccccc4c4ccccc43)cn2)c1. The Bertz CT molecular complexity index is 2000. The molecule has 37 heavy (non-hydrogen) atoms. The minimum absolute atomic E-state index is 0.909. The molecule has 8 aromatic rings. The van der Waals surface area contributed by atoms with Crippen molar-refractivity contribution < 1.29 is 0 Å². The molecule has 174 valence electrons. The van der Waals surface area contributed by atoms with Crippen LogP contribution in [0, 0.1) is 0 Å². The van der Waals surface area contributed by atoms with Crippen molar-refractivity contribution >= 4 is 43.6 Å². The van der Waals surface area contributed by atoms with Crippen LogP contribution in [0.2, 0.25) is 0 Å². The summed E-state index contributed by atoms with van der Waals surface area (Å²) >= 11 is 0. The molecule has 4 aromatic carbocycles. The van der Waals surface area contributed by atoms with Crippen molar-refractivity contribution in [3.8, 4) is 17.1 Å². The Balaban J connectivity index is 1.30. The van der Waals surface area contributed by atoms with Gasteiger partial charge in [-0.25, -0.2) is 4.68 Å². The van der Waals surface area contributed by atoms with E-state index in [0.29, 0.717) is 0 Å². The van der Waals surface area contributed by atoms with E-state index in [0.717, 1.165) is 28.1 Å². The molecule has 0 aliphatic carbocycles. The molecule has 5 nitrogen and oxygen atoms in total. The Morgan fingerprint density at radius 1 is 0.432 bits per heavy atom. The summed E-state index contributed by atoms with van der Waals surface area (Å²) in [7, 11) is 0. The first-order valence-corrected chi connectivity index (χ1v) is 12.3. The summed E-state index contributed by atoms with van der Waals surface area (Å²) in [5.74, 6) is 0. The number of hydrogen-bond acceptors (Lipinski definition) is 2. The first-order chi connectivity index (χ1) is 18.4. The second-order valence-electron chi connectivity index (χ2n) is 9.28. The van der Waals surface area contributed by atoms with Gasteiger partial charge in [0, 0.05) is 21.5 Å². The Morgan fingerprint density at radius 3 is 1.38 bits per heavy atom. The summed E-state index contributed by atoms with van der Waals surface area (Å²) < 4.78 is 6.46. The number of benzene rings is 4. The minimum atomic E-state index is 0.909. The maximum absolute atomic E-state index is 4.75. The van der Waals surface area contributed by atoms with Crippen molar-refractivity contribution in [1.29, 1.82) is 0 Å². The topological polar surface area (TPSA) is 40.6 Å². The Labute approximate surface area is 212 Å². The average molecular weight is 476 g/mol. The number of para-hydroxylation sites is 4. The van der Waals surface area contributed by atoms with Gasteiger partial charge < -0.3 is 9.13 Å². The number of fused-ring (bicyclic) bond motifs is 6. The molecule has 0 N–H and O–H groups in total. The smallest absolute Gasteiger partial charge is 0.0850 e. The van der Waals surface area contributed by atoms with Gasteiger partial charge in [0.15, 0.2) is 0 Å². The molecule has 0 unspecified atom stereocenters. The Morgan fingerprint density at radius 2 is 0.865 bits per heavy atom. The highest BCUT2D eigenvalue weighted by molar-refractivity contribution is 6.10. The number of rotatable bonds is 3. The third kappa shape index (κ3) is 2.91. The highest BCUT2D eigenvalue weighted by atomic mass is 15.3. The molecule has 5 heteroatoms. The van der Waals surface area contributed by atoms with Gasteiger partial charge in [-0.1, -0.05) is 72.8 Å². The highest BCUT2D eigenvalue weighted by Gasteiger charge is 2.15. The molecule has 0 radical (unpaired) electrons. The lowest BCUT2D eigenvalue weighted by molar-refractivity contribution is 0.871. The number of aromatic nitrogens is 5. The van der Waals surface area contributed by atoms with Gasteiger partial charge in [0.1, 0.15) is 0 Å². The van der Waals surface area contributed by atoms with E-state index in [1.165, 1.54) is 32.6 Å². The molecule has 4 heterocycles. The maximum atomic E-state index is 4.75. The van der Waals surface area contributed by atoms with Crippen molar-refractivity contribution in [3.63, 3.8) is 0 Å². The van der Waals surface area contributed by atoms with Crippen LogP contribution in [0.15, 0.2) is 128 Å². The van der Waals surface area contributed by atoms with Gasteiger partial charge in [0.2, 0.25) is 0 Å². The highest BCUT2D eigenvalue weighted by Crippen LogP contribution is 2.33. The second-order valence-corrected chi connectivity index (χ2v) is 9.28. The molecule has 0 spiro atoms. The summed E-state index contributed by atoms with van der Waals surface area (Å²) in [6, 6.07) is 36.2. The van der Waals surface area contributed by atoms with Crippen LogP contribution < -0.4 is 0 Å². The fraction of sp³-hybridized carbons (Fsp3) is 0. The largest absolute Gasteiger partial charge is 0.308 e. The molecule has 0 aliphatic rings. The second kappa shape index (κ2) is 7.67. The average Bonchev–Trinajstić information content (AvgIpc) is 3.66. The standard InChI is InChI=1S/C32H21N5/c1-5-13-29-25(9-1)26-10-2-6-14-30(26)36(29)23-17-22(18-33-19-23)35-21-24(20-34-35)37-31-15-7-3-11-27(31)28-12-4-8-16-32(28)37/h1-21H. The first-order valence-electron chi connectivity index (χ1n) is 12.3. The summed E-state index contributed by atoms with van der Waals surface area (Å²) in [5.41, 5.74) is 7.58. The molecule has 4 aromatic heterocycles. The van der Waals surface area contributed by atoms with Gasteiger partial charge in [0.25, 0.3) is 0 Å². The molecule has 0 amide bonds. The summed E-state index contributed by atoms with van der Waals surface area (Å²) in [4.78, 5) is 4.61. The van der Waals surface area contributed by atoms with Crippen molar-refractivity contribution in [1.82, 2.24) is 23.9 Å². The zero-order valence-electron chi connectivity index (χ0n) is 19.9. The normalized spacial score (nSPS) is 11.8. The van der Waals surface area contributed by atoms with Gasteiger partial charge >= 0.3 is 0 Å². The number of nitrogens with zero attached hydrogens (tertiary/aromatic N) is 5. The van der Waals surface area contributed by atoms with Crippen LogP contribution in [-0.2, 0) is 0 Å². The molecule has 0 saturated heterocycles. The van der Waals surface area contributed by atoms with Crippen LogP contribution >= 0.6 is 0 Å². The molecule has 8 rings (SSSR count). The van der Waals surface area contributed by atoms with E-state index in [2.05, 4.69) is 123 Å². The predicted molar refractivity (Wildman–Crippen MR) is 150 cm³/mol. The van der Waals surface area contributed by atoms with Crippen molar-refractivity contribution in [2.24, 2.45) is 0 Å². The number of hydrogen-bond donors (Lipinski definition) is 0. The minimum Gasteiger partial charge on any atom is -0.308 e. The molecule has 0 aliphatic heterocycles. The van der Waals surface area contributed by atoms with Crippen molar-refractivity contribution in [2.45, 2.75) is 0 Å². The van der Waals surface area contributed by atoms with Crippen LogP contribution in [-0.4, -0.2) is 23.9 Å². The third-order valence-electron chi connectivity index (χ3n) is 7.22. The van der Waals surface area contributed by atoms with Crippen molar-refractivity contribution in [2.75, 3.05) is 0 Å². The molecule has 0 saturated carbocycles. The van der Waals surface area contributed by atoms with E-state index >= 15 is 0 Å².